The van der Waals surface area contributed by atoms with Gasteiger partial charge >= 0.3 is 0 Å². The van der Waals surface area contributed by atoms with Crippen molar-refractivity contribution in [3.05, 3.63) is 58.6 Å². The molecule has 0 aliphatic heterocycles. The summed E-state index contributed by atoms with van der Waals surface area (Å²) in [5.41, 5.74) is 1.74. The van der Waals surface area contributed by atoms with E-state index < -0.39 is 9.84 Å². The second-order valence-corrected chi connectivity index (χ2v) is 7.17. The van der Waals surface area contributed by atoms with Crippen molar-refractivity contribution in [2.24, 2.45) is 0 Å². The molecule has 2 rings (SSSR count). The molecule has 0 bridgehead atoms. The third-order valence-electron chi connectivity index (χ3n) is 2.97. The minimum absolute atomic E-state index is 0.109. The summed E-state index contributed by atoms with van der Waals surface area (Å²) >= 11 is 5.90. The van der Waals surface area contributed by atoms with Crippen LogP contribution < -0.4 is 5.32 Å². The van der Waals surface area contributed by atoms with Crippen molar-refractivity contribution in [2.45, 2.75) is 11.8 Å². The Morgan fingerprint density at radius 2 is 1.86 bits per heavy atom. The molecule has 110 valence electrons. The van der Waals surface area contributed by atoms with Gasteiger partial charge in [0.2, 0.25) is 0 Å². The van der Waals surface area contributed by atoms with Crippen LogP contribution in [0.5, 0.6) is 0 Å². The molecule has 1 amide bonds. The highest BCUT2D eigenvalue weighted by Crippen LogP contribution is 2.21. The van der Waals surface area contributed by atoms with E-state index in [1.165, 1.54) is 18.2 Å². The molecule has 0 unspecified atom stereocenters. The molecule has 6 heteroatoms. The molecule has 0 saturated heterocycles. The minimum Gasteiger partial charge on any atom is -0.322 e. The summed E-state index contributed by atoms with van der Waals surface area (Å²) in [7, 11) is -3.35. The fourth-order valence-corrected chi connectivity index (χ4v) is 2.63. The predicted molar refractivity (Wildman–Crippen MR) is 83.7 cm³/mol. The van der Waals surface area contributed by atoms with Gasteiger partial charge in [0.25, 0.3) is 5.91 Å². The predicted octanol–water partition coefficient (Wildman–Crippen LogP) is 3.30. The Bertz CT molecular complexity index is 800. The number of hydrogen-bond donors (Lipinski definition) is 1. The molecule has 0 atom stereocenters. The van der Waals surface area contributed by atoms with E-state index in [9.17, 15) is 13.2 Å². The minimum atomic E-state index is -3.35. The van der Waals surface area contributed by atoms with Crippen LogP contribution in [0.25, 0.3) is 0 Å². The lowest BCUT2D eigenvalue weighted by molar-refractivity contribution is 0.102. The molecule has 0 aromatic heterocycles. The molecule has 0 aliphatic rings. The molecule has 2 aromatic carbocycles. The third kappa shape index (κ3) is 3.83. The van der Waals surface area contributed by atoms with E-state index in [4.69, 9.17) is 11.6 Å². The molecular formula is C15H14ClNO3S. The van der Waals surface area contributed by atoms with Crippen LogP contribution in [0, 0.1) is 6.92 Å². The van der Waals surface area contributed by atoms with Crippen molar-refractivity contribution in [3.8, 4) is 0 Å². The van der Waals surface area contributed by atoms with Crippen LogP contribution in [0.1, 0.15) is 15.9 Å². The highest BCUT2D eigenvalue weighted by molar-refractivity contribution is 7.90. The van der Waals surface area contributed by atoms with Crippen molar-refractivity contribution < 1.29 is 13.2 Å². The molecule has 4 nitrogen and oxygen atoms in total. The molecule has 0 radical (unpaired) electrons. The van der Waals surface area contributed by atoms with E-state index in [0.717, 1.165) is 11.8 Å². The topological polar surface area (TPSA) is 63.2 Å². The Balaban J connectivity index is 2.31. The van der Waals surface area contributed by atoms with Gasteiger partial charge in [-0.1, -0.05) is 23.7 Å². The lowest BCUT2D eigenvalue weighted by Crippen LogP contribution is -2.13. The van der Waals surface area contributed by atoms with Gasteiger partial charge in [0.1, 0.15) is 0 Å². The van der Waals surface area contributed by atoms with Crippen molar-refractivity contribution in [2.75, 3.05) is 11.6 Å². The summed E-state index contributed by atoms with van der Waals surface area (Å²) in [6, 6.07) is 11.1. The molecule has 0 aliphatic carbocycles. The van der Waals surface area contributed by atoms with Crippen LogP contribution in [0.15, 0.2) is 47.4 Å². The van der Waals surface area contributed by atoms with Gasteiger partial charge in [-0.05, 0) is 42.8 Å². The molecular weight excluding hydrogens is 310 g/mol. The number of carbonyl (C=O) groups excluding carboxylic acids is 1. The zero-order chi connectivity index (χ0) is 15.6. The SMILES string of the molecule is Cc1ccc(Cl)cc1NC(=O)c1cccc(S(C)(=O)=O)c1. The Morgan fingerprint density at radius 1 is 1.14 bits per heavy atom. The summed E-state index contributed by atoms with van der Waals surface area (Å²) in [6.07, 6.45) is 1.10. The first-order valence-corrected chi connectivity index (χ1v) is 8.42. The quantitative estimate of drug-likeness (QED) is 0.942. The number of anilines is 1. The fourth-order valence-electron chi connectivity index (χ4n) is 1.79. The molecule has 2 aromatic rings. The first kappa shape index (κ1) is 15.5. The summed E-state index contributed by atoms with van der Waals surface area (Å²) in [5.74, 6) is -0.383. The number of amides is 1. The van der Waals surface area contributed by atoms with Crippen LogP contribution in [0.2, 0.25) is 5.02 Å². The number of sulfone groups is 1. The third-order valence-corrected chi connectivity index (χ3v) is 4.32. The monoisotopic (exact) mass is 323 g/mol. The lowest BCUT2D eigenvalue weighted by atomic mass is 10.1. The van der Waals surface area contributed by atoms with Gasteiger partial charge in [0.05, 0.1) is 4.90 Å². The first-order chi connectivity index (χ1) is 9.77. The Labute approximate surface area is 128 Å². The van der Waals surface area contributed by atoms with Crippen LogP contribution in [-0.2, 0) is 9.84 Å². The van der Waals surface area contributed by atoms with Gasteiger partial charge in [0, 0.05) is 22.5 Å². The van der Waals surface area contributed by atoms with Crippen molar-refractivity contribution in [1.82, 2.24) is 0 Å². The number of nitrogens with one attached hydrogen (secondary N) is 1. The van der Waals surface area contributed by atoms with E-state index in [0.29, 0.717) is 10.7 Å². The van der Waals surface area contributed by atoms with Crippen LogP contribution in [-0.4, -0.2) is 20.6 Å². The van der Waals surface area contributed by atoms with Crippen molar-refractivity contribution >= 4 is 33.0 Å². The van der Waals surface area contributed by atoms with E-state index in [2.05, 4.69) is 5.32 Å². The summed E-state index contributed by atoms with van der Waals surface area (Å²) < 4.78 is 23.0. The highest BCUT2D eigenvalue weighted by atomic mass is 35.5. The van der Waals surface area contributed by atoms with Gasteiger partial charge in [0.15, 0.2) is 9.84 Å². The fraction of sp³-hybridized carbons (Fsp3) is 0.133. The van der Waals surface area contributed by atoms with E-state index in [1.807, 2.05) is 6.92 Å². The number of aryl methyl sites for hydroxylation is 1. The maximum absolute atomic E-state index is 12.2. The molecule has 0 fully saturated rings. The summed E-state index contributed by atoms with van der Waals surface area (Å²) in [6.45, 7) is 1.85. The van der Waals surface area contributed by atoms with Crippen molar-refractivity contribution in [3.63, 3.8) is 0 Å². The lowest BCUT2D eigenvalue weighted by Gasteiger charge is -2.09. The van der Waals surface area contributed by atoms with Crippen LogP contribution in [0.3, 0.4) is 0 Å². The molecule has 0 saturated carbocycles. The number of carbonyl (C=O) groups is 1. The maximum atomic E-state index is 12.2. The molecule has 0 spiro atoms. The Hall–Kier alpha value is -1.85. The van der Waals surface area contributed by atoms with Gasteiger partial charge in [-0.15, -0.1) is 0 Å². The normalized spacial score (nSPS) is 11.2. The first-order valence-electron chi connectivity index (χ1n) is 6.15. The summed E-state index contributed by atoms with van der Waals surface area (Å²) in [4.78, 5) is 12.3. The largest absolute Gasteiger partial charge is 0.322 e. The molecule has 1 N–H and O–H groups in total. The smallest absolute Gasteiger partial charge is 0.255 e. The van der Waals surface area contributed by atoms with E-state index in [1.54, 1.807) is 24.3 Å². The Morgan fingerprint density at radius 3 is 2.52 bits per heavy atom. The van der Waals surface area contributed by atoms with E-state index in [-0.39, 0.29) is 16.4 Å². The van der Waals surface area contributed by atoms with Crippen LogP contribution in [0.4, 0.5) is 5.69 Å². The molecule has 0 heterocycles. The molecule has 21 heavy (non-hydrogen) atoms. The van der Waals surface area contributed by atoms with Crippen LogP contribution >= 0.6 is 11.6 Å². The standard InChI is InChI=1S/C15H14ClNO3S/c1-10-6-7-12(16)9-14(10)17-15(18)11-4-3-5-13(8-11)21(2,19)20/h3-9H,1-2H3,(H,17,18). The second-order valence-electron chi connectivity index (χ2n) is 4.71. The van der Waals surface area contributed by atoms with Gasteiger partial charge in [-0.3, -0.25) is 4.79 Å². The van der Waals surface area contributed by atoms with Gasteiger partial charge in [-0.2, -0.15) is 0 Å². The Kier molecular flexibility index (Phi) is 4.34. The number of halogens is 1. The van der Waals surface area contributed by atoms with Crippen molar-refractivity contribution in [1.29, 1.82) is 0 Å². The number of hydrogen-bond acceptors (Lipinski definition) is 3. The second kappa shape index (κ2) is 5.87. The zero-order valence-corrected chi connectivity index (χ0v) is 13.1. The van der Waals surface area contributed by atoms with Gasteiger partial charge < -0.3 is 5.32 Å². The maximum Gasteiger partial charge on any atom is 0.255 e. The average Bonchev–Trinajstić information content (AvgIpc) is 2.42. The van der Waals surface area contributed by atoms with Gasteiger partial charge in [-0.25, -0.2) is 8.42 Å². The number of benzene rings is 2. The highest BCUT2D eigenvalue weighted by Gasteiger charge is 2.12. The number of rotatable bonds is 3. The zero-order valence-electron chi connectivity index (χ0n) is 11.6. The summed E-state index contributed by atoms with van der Waals surface area (Å²) in [5, 5.41) is 3.24. The van der Waals surface area contributed by atoms with E-state index >= 15 is 0 Å². The average molecular weight is 324 g/mol.